The standard InChI is InChI=1S/C11H7F5O2/c12-10(13)9(18)5-8(17)6-3-1-2-4-7(6)11(14,15)16/h1-5,10,17H/b8-5-. The molecule has 0 bridgehead atoms. The van der Waals surface area contributed by atoms with E-state index in [0.717, 1.165) is 12.1 Å². The van der Waals surface area contributed by atoms with Crippen molar-refractivity contribution >= 4 is 11.5 Å². The molecule has 0 aromatic heterocycles. The summed E-state index contributed by atoms with van der Waals surface area (Å²) in [6.45, 7) is 0. The number of hydrogen-bond acceptors (Lipinski definition) is 2. The number of benzene rings is 1. The summed E-state index contributed by atoms with van der Waals surface area (Å²) >= 11 is 0. The molecule has 1 rings (SSSR count). The van der Waals surface area contributed by atoms with Crippen LogP contribution in [-0.4, -0.2) is 17.3 Å². The number of allylic oxidation sites excluding steroid dienone is 1. The van der Waals surface area contributed by atoms with Gasteiger partial charge in [0.25, 0.3) is 6.43 Å². The van der Waals surface area contributed by atoms with E-state index in [1.165, 1.54) is 6.07 Å². The van der Waals surface area contributed by atoms with Crippen LogP contribution in [0, 0.1) is 0 Å². The van der Waals surface area contributed by atoms with Gasteiger partial charge in [-0.1, -0.05) is 18.2 Å². The lowest BCUT2D eigenvalue weighted by Crippen LogP contribution is -2.10. The Kier molecular flexibility index (Phi) is 4.05. The highest BCUT2D eigenvalue weighted by Gasteiger charge is 2.34. The van der Waals surface area contributed by atoms with Crippen molar-refractivity contribution in [2.45, 2.75) is 12.6 Å². The molecular formula is C11H7F5O2. The van der Waals surface area contributed by atoms with E-state index in [1.54, 1.807) is 0 Å². The molecular weight excluding hydrogens is 259 g/mol. The molecule has 0 unspecified atom stereocenters. The molecule has 98 valence electrons. The second-order valence-electron chi connectivity index (χ2n) is 3.28. The van der Waals surface area contributed by atoms with Gasteiger partial charge >= 0.3 is 6.18 Å². The van der Waals surface area contributed by atoms with Crippen LogP contribution in [0.1, 0.15) is 11.1 Å². The van der Waals surface area contributed by atoms with Gasteiger partial charge in [0.1, 0.15) is 5.76 Å². The summed E-state index contributed by atoms with van der Waals surface area (Å²) in [5.74, 6) is -2.90. The predicted octanol–water partition coefficient (Wildman–Crippen LogP) is 3.44. The fourth-order valence-electron chi connectivity index (χ4n) is 1.23. The normalized spacial score (nSPS) is 12.9. The van der Waals surface area contributed by atoms with E-state index in [-0.39, 0.29) is 6.08 Å². The number of rotatable bonds is 3. The molecule has 0 heterocycles. The lowest BCUT2D eigenvalue weighted by atomic mass is 10.0. The van der Waals surface area contributed by atoms with Crippen molar-refractivity contribution in [3.63, 3.8) is 0 Å². The summed E-state index contributed by atoms with van der Waals surface area (Å²) in [7, 11) is 0. The third kappa shape index (κ3) is 3.28. The minimum Gasteiger partial charge on any atom is -0.507 e. The summed E-state index contributed by atoms with van der Waals surface area (Å²) in [5, 5.41) is 9.29. The maximum Gasteiger partial charge on any atom is 0.417 e. The highest BCUT2D eigenvalue weighted by Crippen LogP contribution is 2.34. The Balaban J connectivity index is 3.22. The lowest BCUT2D eigenvalue weighted by molar-refractivity contribution is -0.138. The zero-order chi connectivity index (χ0) is 13.9. The molecule has 1 N–H and O–H groups in total. The van der Waals surface area contributed by atoms with Gasteiger partial charge in [-0.05, 0) is 6.07 Å². The van der Waals surface area contributed by atoms with E-state index in [0.29, 0.717) is 6.07 Å². The quantitative estimate of drug-likeness (QED) is 0.517. The van der Waals surface area contributed by atoms with Crippen LogP contribution in [-0.2, 0) is 11.0 Å². The van der Waals surface area contributed by atoms with Gasteiger partial charge in [-0.2, -0.15) is 13.2 Å². The third-order valence-corrected chi connectivity index (χ3v) is 2.00. The van der Waals surface area contributed by atoms with Crippen LogP contribution in [0.4, 0.5) is 22.0 Å². The number of aliphatic hydroxyl groups is 1. The van der Waals surface area contributed by atoms with Gasteiger partial charge in [-0.15, -0.1) is 0 Å². The van der Waals surface area contributed by atoms with Crippen molar-refractivity contribution in [2.75, 3.05) is 0 Å². The summed E-state index contributed by atoms with van der Waals surface area (Å²) in [5.41, 5.74) is -1.93. The Labute approximate surface area is 98.3 Å². The Hall–Kier alpha value is -1.92. The molecule has 2 nitrogen and oxygen atoms in total. The number of halogens is 5. The molecule has 0 spiro atoms. The SMILES string of the molecule is O=C(/C=C(\O)c1ccccc1C(F)(F)F)C(F)F. The Bertz CT molecular complexity index is 477. The Morgan fingerprint density at radius 2 is 1.78 bits per heavy atom. The highest BCUT2D eigenvalue weighted by atomic mass is 19.4. The molecule has 7 heteroatoms. The minimum absolute atomic E-state index is 0.0786. The summed E-state index contributed by atoms with van der Waals surface area (Å²) in [6, 6.07) is 3.82. The summed E-state index contributed by atoms with van der Waals surface area (Å²) in [4.78, 5) is 10.6. The predicted molar refractivity (Wildman–Crippen MR) is 53.1 cm³/mol. The van der Waals surface area contributed by atoms with E-state index >= 15 is 0 Å². The zero-order valence-corrected chi connectivity index (χ0v) is 8.71. The number of aliphatic hydroxyl groups excluding tert-OH is 1. The number of carbonyl (C=O) groups is 1. The van der Waals surface area contributed by atoms with Gasteiger partial charge in [-0.3, -0.25) is 4.79 Å². The Morgan fingerprint density at radius 1 is 1.22 bits per heavy atom. The molecule has 0 radical (unpaired) electrons. The van der Waals surface area contributed by atoms with Crippen molar-refractivity contribution in [3.8, 4) is 0 Å². The van der Waals surface area contributed by atoms with E-state index in [1.807, 2.05) is 0 Å². The molecule has 0 amide bonds. The van der Waals surface area contributed by atoms with Crippen molar-refractivity contribution < 1.29 is 31.9 Å². The van der Waals surface area contributed by atoms with E-state index in [4.69, 9.17) is 0 Å². The summed E-state index contributed by atoms with van der Waals surface area (Å²) in [6.07, 6.45) is -8.06. The van der Waals surface area contributed by atoms with Crippen LogP contribution in [0.25, 0.3) is 5.76 Å². The van der Waals surface area contributed by atoms with Crippen molar-refractivity contribution in [2.24, 2.45) is 0 Å². The molecule has 1 aromatic carbocycles. The van der Waals surface area contributed by atoms with E-state index in [2.05, 4.69) is 0 Å². The van der Waals surface area contributed by atoms with Gasteiger partial charge in [0, 0.05) is 11.6 Å². The van der Waals surface area contributed by atoms with Crippen LogP contribution < -0.4 is 0 Å². The first-order valence-corrected chi connectivity index (χ1v) is 4.62. The van der Waals surface area contributed by atoms with E-state index < -0.39 is 35.3 Å². The first kappa shape index (κ1) is 14.1. The largest absolute Gasteiger partial charge is 0.507 e. The summed E-state index contributed by atoms with van der Waals surface area (Å²) < 4.78 is 61.4. The maximum atomic E-state index is 12.5. The number of ketones is 1. The van der Waals surface area contributed by atoms with E-state index in [9.17, 15) is 31.9 Å². The van der Waals surface area contributed by atoms with Gasteiger partial charge in [-0.25, -0.2) is 8.78 Å². The average molecular weight is 266 g/mol. The molecule has 1 aromatic rings. The molecule has 0 saturated carbocycles. The first-order valence-electron chi connectivity index (χ1n) is 4.62. The van der Waals surface area contributed by atoms with Crippen molar-refractivity contribution in [1.82, 2.24) is 0 Å². The fourth-order valence-corrected chi connectivity index (χ4v) is 1.23. The van der Waals surface area contributed by atoms with Crippen molar-refractivity contribution in [3.05, 3.63) is 41.5 Å². The van der Waals surface area contributed by atoms with Gasteiger partial charge in [0.05, 0.1) is 5.56 Å². The topological polar surface area (TPSA) is 37.3 Å². The number of alkyl halides is 5. The Morgan fingerprint density at radius 3 is 2.28 bits per heavy atom. The second-order valence-corrected chi connectivity index (χ2v) is 3.28. The molecule has 18 heavy (non-hydrogen) atoms. The molecule has 0 aliphatic rings. The molecule has 0 saturated heterocycles. The third-order valence-electron chi connectivity index (χ3n) is 2.00. The first-order chi connectivity index (χ1) is 8.23. The fraction of sp³-hybridized carbons (Fsp3) is 0.182. The molecule has 0 fully saturated rings. The average Bonchev–Trinajstić information content (AvgIpc) is 2.27. The van der Waals surface area contributed by atoms with Gasteiger partial charge < -0.3 is 5.11 Å². The minimum atomic E-state index is -4.76. The van der Waals surface area contributed by atoms with Crippen LogP contribution in [0.5, 0.6) is 0 Å². The van der Waals surface area contributed by atoms with Crippen LogP contribution in [0.2, 0.25) is 0 Å². The monoisotopic (exact) mass is 266 g/mol. The maximum absolute atomic E-state index is 12.5. The second kappa shape index (κ2) is 5.16. The van der Waals surface area contributed by atoms with Gasteiger partial charge in [0.2, 0.25) is 5.78 Å². The molecule has 0 atom stereocenters. The van der Waals surface area contributed by atoms with Crippen LogP contribution in [0.3, 0.4) is 0 Å². The molecule has 0 aliphatic heterocycles. The van der Waals surface area contributed by atoms with Crippen molar-refractivity contribution in [1.29, 1.82) is 0 Å². The van der Waals surface area contributed by atoms with Crippen LogP contribution in [0.15, 0.2) is 30.3 Å². The number of carbonyl (C=O) groups excluding carboxylic acids is 1. The smallest absolute Gasteiger partial charge is 0.417 e. The van der Waals surface area contributed by atoms with Gasteiger partial charge in [0.15, 0.2) is 0 Å². The zero-order valence-electron chi connectivity index (χ0n) is 8.71. The van der Waals surface area contributed by atoms with Crippen LogP contribution >= 0.6 is 0 Å². The highest BCUT2D eigenvalue weighted by molar-refractivity contribution is 5.97. The molecule has 0 aliphatic carbocycles. The lowest BCUT2D eigenvalue weighted by Gasteiger charge is -2.11. The number of hydrogen-bond donors (Lipinski definition) is 1.